The average Bonchev–Trinajstić information content (AvgIpc) is 3.15. The first-order chi connectivity index (χ1) is 26.4. The topological polar surface area (TPSA) is 65.1 Å². The number of hydrogen-bond donors (Lipinski definition) is 0. The number of ether oxygens (including phenoxy) is 3. The first-order valence-electron chi connectivity index (χ1n) is 23.9. The molecule has 0 aromatic carbocycles. The normalized spacial score (nSPS) is 11.8. The van der Waals surface area contributed by atoms with Crippen LogP contribution in [-0.2, 0) is 23.8 Å². The van der Waals surface area contributed by atoms with E-state index in [9.17, 15) is 9.59 Å². The van der Waals surface area contributed by atoms with Crippen molar-refractivity contribution in [2.75, 3.05) is 40.5 Å². The summed E-state index contributed by atoms with van der Waals surface area (Å²) in [5, 5.41) is 0. The van der Waals surface area contributed by atoms with Gasteiger partial charge >= 0.3 is 11.9 Å². The van der Waals surface area contributed by atoms with Crippen molar-refractivity contribution >= 4 is 11.9 Å². The fourth-order valence-electron chi connectivity index (χ4n) is 7.71. The second kappa shape index (κ2) is 41.5. The van der Waals surface area contributed by atoms with Crippen molar-refractivity contribution in [1.29, 1.82) is 0 Å². The molecule has 0 rings (SSSR count). The molecule has 322 valence electrons. The number of nitrogens with zero attached hydrogens (tertiary/aromatic N) is 1. The van der Waals surface area contributed by atoms with Crippen LogP contribution >= 0.6 is 0 Å². The molecule has 0 aromatic rings. The zero-order chi connectivity index (χ0) is 39.7. The van der Waals surface area contributed by atoms with E-state index in [0.717, 1.165) is 70.9 Å². The Morgan fingerprint density at radius 2 is 0.759 bits per heavy atom. The van der Waals surface area contributed by atoms with Gasteiger partial charge in [-0.3, -0.25) is 9.59 Å². The number of esters is 2. The quantitative estimate of drug-likeness (QED) is 0.0455. The van der Waals surface area contributed by atoms with Crippen LogP contribution in [-0.4, -0.2) is 63.4 Å². The fraction of sp³-hybridized carbons (Fsp3) is 0.958. The molecular formula is C48H95NO5. The largest absolute Gasteiger partial charge is 0.466 e. The zero-order valence-corrected chi connectivity index (χ0v) is 37.4. The van der Waals surface area contributed by atoms with Gasteiger partial charge in [-0.05, 0) is 77.4 Å². The van der Waals surface area contributed by atoms with Crippen LogP contribution in [0.15, 0.2) is 0 Å². The molecule has 0 radical (unpaired) electrons. The molecule has 0 unspecified atom stereocenters. The summed E-state index contributed by atoms with van der Waals surface area (Å²) in [6.07, 6.45) is 38.8. The Hall–Kier alpha value is -1.14. The molecule has 0 aliphatic carbocycles. The Morgan fingerprint density at radius 1 is 0.407 bits per heavy atom. The number of carbonyl (C=O) groups is 2. The Balaban J connectivity index is 4.18. The lowest BCUT2D eigenvalue weighted by molar-refractivity contribution is -0.145. The maximum atomic E-state index is 12.4. The minimum absolute atomic E-state index is 0.00308. The van der Waals surface area contributed by atoms with Crippen molar-refractivity contribution < 1.29 is 23.8 Å². The summed E-state index contributed by atoms with van der Waals surface area (Å²) in [5.41, 5.74) is 0. The predicted octanol–water partition coefficient (Wildman–Crippen LogP) is 14.2. The van der Waals surface area contributed by atoms with Gasteiger partial charge < -0.3 is 19.1 Å². The SMILES string of the molecule is CCCCCC(CCCCC)CCOC(=O)CCCCCCCC(CCCCCCCC(=O)OCCC(CCCCC)CCCCC)OCCCN(C)C. The summed E-state index contributed by atoms with van der Waals surface area (Å²) < 4.78 is 17.7. The van der Waals surface area contributed by atoms with E-state index in [1.807, 2.05) is 0 Å². The summed E-state index contributed by atoms with van der Waals surface area (Å²) in [7, 11) is 4.25. The highest BCUT2D eigenvalue weighted by atomic mass is 16.5. The molecule has 0 heterocycles. The van der Waals surface area contributed by atoms with E-state index in [4.69, 9.17) is 14.2 Å². The Labute approximate surface area is 337 Å². The zero-order valence-electron chi connectivity index (χ0n) is 37.4. The van der Waals surface area contributed by atoms with Crippen LogP contribution in [0.4, 0.5) is 0 Å². The summed E-state index contributed by atoms with van der Waals surface area (Å²) in [6, 6.07) is 0. The third-order valence-corrected chi connectivity index (χ3v) is 11.4. The molecule has 6 heteroatoms. The second-order valence-corrected chi connectivity index (χ2v) is 17.0. The molecule has 0 fully saturated rings. The van der Waals surface area contributed by atoms with Gasteiger partial charge in [-0.2, -0.15) is 0 Å². The van der Waals surface area contributed by atoms with Gasteiger partial charge in [0.25, 0.3) is 0 Å². The van der Waals surface area contributed by atoms with Crippen molar-refractivity contribution in [2.45, 2.75) is 246 Å². The number of carbonyl (C=O) groups excluding carboxylic acids is 2. The molecule has 0 atom stereocenters. The predicted molar refractivity (Wildman–Crippen MR) is 232 cm³/mol. The van der Waals surface area contributed by atoms with Gasteiger partial charge in [0.2, 0.25) is 0 Å². The van der Waals surface area contributed by atoms with Crippen molar-refractivity contribution in [3.8, 4) is 0 Å². The minimum Gasteiger partial charge on any atom is -0.466 e. The Bertz CT molecular complexity index is 713. The van der Waals surface area contributed by atoms with Gasteiger partial charge in [0.15, 0.2) is 0 Å². The molecule has 54 heavy (non-hydrogen) atoms. The lowest BCUT2D eigenvalue weighted by Crippen LogP contribution is -2.18. The molecule has 0 aromatic heterocycles. The maximum Gasteiger partial charge on any atom is 0.305 e. The Morgan fingerprint density at radius 3 is 1.13 bits per heavy atom. The van der Waals surface area contributed by atoms with Crippen LogP contribution < -0.4 is 0 Å². The standard InChI is InChI=1S/C48H95NO5/c1-7-11-21-30-44(31-22-12-8-2)38-42-53-47(50)36-27-19-15-17-25-34-46(52-41-29-40-49(5)6)35-26-18-16-20-28-37-48(51)54-43-39-45(32-23-13-9-3)33-24-14-10-4/h44-46H,7-43H2,1-6H3. The van der Waals surface area contributed by atoms with Crippen molar-refractivity contribution in [3.63, 3.8) is 0 Å². The van der Waals surface area contributed by atoms with Gasteiger partial charge in [0.05, 0.1) is 19.3 Å². The van der Waals surface area contributed by atoms with E-state index in [2.05, 4.69) is 46.7 Å². The van der Waals surface area contributed by atoms with E-state index in [1.165, 1.54) is 141 Å². The molecule has 0 amide bonds. The highest BCUT2D eigenvalue weighted by molar-refractivity contribution is 5.69. The lowest BCUT2D eigenvalue weighted by Gasteiger charge is -2.19. The second-order valence-electron chi connectivity index (χ2n) is 17.0. The first-order valence-corrected chi connectivity index (χ1v) is 23.9. The summed E-state index contributed by atoms with van der Waals surface area (Å²) in [6.45, 7) is 12.2. The van der Waals surface area contributed by atoms with E-state index in [1.54, 1.807) is 0 Å². The van der Waals surface area contributed by atoms with Crippen molar-refractivity contribution in [2.24, 2.45) is 11.8 Å². The number of hydrogen-bond acceptors (Lipinski definition) is 6. The van der Waals surface area contributed by atoms with Crippen LogP contribution in [0.25, 0.3) is 0 Å². The van der Waals surface area contributed by atoms with Gasteiger partial charge in [0, 0.05) is 19.4 Å². The maximum absolute atomic E-state index is 12.4. The minimum atomic E-state index is -0.00308. The molecule has 0 N–H and O–H groups in total. The smallest absolute Gasteiger partial charge is 0.305 e. The van der Waals surface area contributed by atoms with E-state index in [-0.39, 0.29) is 11.9 Å². The molecule has 0 saturated carbocycles. The van der Waals surface area contributed by atoms with Gasteiger partial charge in [-0.15, -0.1) is 0 Å². The Kier molecular flexibility index (Phi) is 40.6. The van der Waals surface area contributed by atoms with Crippen LogP contribution in [0.3, 0.4) is 0 Å². The number of rotatable bonds is 43. The third kappa shape index (κ3) is 37.8. The molecule has 6 nitrogen and oxygen atoms in total. The summed E-state index contributed by atoms with van der Waals surface area (Å²) in [4.78, 5) is 27.0. The highest BCUT2D eigenvalue weighted by Crippen LogP contribution is 2.23. The number of unbranched alkanes of at least 4 members (excludes halogenated alkanes) is 16. The van der Waals surface area contributed by atoms with Gasteiger partial charge in [-0.25, -0.2) is 0 Å². The fourth-order valence-corrected chi connectivity index (χ4v) is 7.71. The summed E-state index contributed by atoms with van der Waals surface area (Å²) in [5.74, 6) is 1.42. The first kappa shape index (κ1) is 52.9. The molecule has 0 spiro atoms. The molecule has 0 aliphatic rings. The lowest BCUT2D eigenvalue weighted by atomic mass is 9.92. The average molecular weight is 766 g/mol. The van der Waals surface area contributed by atoms with Crippen LogP contribution in [0, 0.1) is 11.8 Å². The van der Waals surface area contributed by atoms with Gasteiger partial charge in [-0.1, -0.05) is 182 Å². The summed E-state index contributed by atoms with van der Waals surface area (Å²) >= 11 is 0. The molecule has 0 bridgehead atoms. The van der Waals surface area contributed by atoms with E-state index >= 15 is 0 Å². The highest BCUT2D eigenvalue weighted by Gasteiger charge is 2.13. The van der Waals surface area contributed by atoms with Crippen LogP contribution in [0.1, 0.15) is 240 Å². The van der Waals surface area contributed by atoms with E-state index in [0.29, 0.717) is 44.0 Å². The van der Waals surface area contributed by atoms with Gasteiger partial charge in [0.1, 0.15) is 0 Å². The van der Waals surface area contributed by atoms with E-state index < -0.39 is 0 Å². The van der Waals surface area contributed by atoms with Crippen molar-refractivity contribution in [3.05, 3.63) is 0 Å². The third-order valence-electron chi connectivity index (χ3n) is 11.4. The molecule has 0 aliphatic heterocycles. The monoisotopic (exact) mass is 766 g/mol. The van der Waals surface area contributed by atoms with Crippen LogP contribution in [0.2, 0.25) is 0 Å². The van der Waals surface area contributed by atoms with Crippen molar-refractivity contribution in [1.82, 2.24) is 4.90 Å². The molecule has 0 saturated heterocycles. The van der Waals surface area contributed by atoms with Crippen LogP contribution in [0.5, 0.6) is 0 Å². The molecular weight excluding hydrogens is 671 g/mol.